The van der Waals surface area contributed by atoms with Crippen LogP contribution in [0.3, 0.4) is 0 Å². The monoisotopic (exact) mass is 318 g/mol. The van der Waals surface area contributed by atoms with Crippen molar-refractivity contribution in [1.29, 1.82) is 0 Å². The number of piperidine rings is 1. The quantitative estimate of drug-likeness (QED) is 0.941. The van der Waals surface area contributed by atoms with Crippen molar-refractivity contribution in [2.45, 2.75) is 26.0 Å². The zero-order valence-electron chi connectivity index (χ0n) is 13.0. The van der Waals surface area contributed by atoms with Crippen LogP contribution in [0.15, 0.2) is 29.6 Å². The molecule has 3 rings (SSSR count). The Labute approximate surface area is 135 Å². The van der Waals surface area contributed by atoms with Crippen LogP contribution in [-0.4, -0.2) is 41.3 Å². The summed E-state index contributed by atoms with van der Waals surface area (Å²) >= 11 is 1.66. The molecule has 118 valence electrons. The third-order valence-corrected chi connectivity index (χ3v) is 5.22. The number of likely N-dealkylation sites (tertiary alicyclic amines) is 1. The van der Waals surface area contributed by atoms with Crippen molar-refractivity contribution in [1.82, 2.24) is 9.88 Å². The molecule has 0 spiro atoms. The highest BCUT2D eigenvalue weighted by Gasteiger charge is 2.24. The molecule has 2 atom stereocenters. The molecule has 1 aromatic heterocycles. The van der Waals surface area contributed by atoms with Crippen LogP contribution < -0.4 is 4.74 Å². The minimum absolute atomic E-state index is 0.214. The standard InChI is InChI=1S/C17H22N2O2S/c1-12-7-8-19(10-16(12)20)9-14-11-22-17(18-14)13-3-5-15(21-2)6-4-13/h3-6,11-12,16,20H,7-10H2,1-2H3. The molecule has 0 saturated carbocycles. The molecule has 1 saturated heterocycles. The first-order valence-electron chi connectivity index (χ1n) is 7.65. The van der Waals surface area contributed by atoms with E-state index in [2.05, 4.69) is 17.2 Å². The van der Waals surface area contributed by atoms with E-state index in [1.807, 2.05) is 24.3 Å². The Kier molecular flexibility index (Phi) is 4.76. The summed E-state index contributed by atoms with van der Waals surface area (Å²) in [5.41, 5.74) is 2.20. The minimum Gasteiger partial charge on any atom is -0.497 e. The summed E-state index contributed by atoms with van der Waals surface area (Å²) in [6.45, 7) is 4.72. The fraction of sp³-hybridized carbons (Fsp3) is 0.471. The Bertz CT molecular complexity index is 611. The normalized spacial score (nSPS) is 22.7. The molecule has 1 fully saturated rings. The number of aliphatic hydroxyl groups is 1. The second-order valence-corrected chi connectivity index (χ2v) is 6.80. The molecule has 2 unspecified atom stereocenters. The predicted octanol–water partition coefficient (Wildman–Crippen LogP) is 3.02. The summed E-state index contributed by atoms with van der Waals surface area (Å²) in [6, 6.07) is 7.99. The molecule has 0 amide bonds. The molecule has 0 radical (unpaired) electrons. The Hall–Kier alpha value is -1.43. The summed E-state index contributed by atoms with van der Waals surface area (Å²) < 4.78 is 5.18. The molecule has 4 nitrogen and oxygen atoms in total. The average Bonchev–Trinajstić information content (AvgIpc) is 2.99. The maximum absolute atomic E-state index is 9.99. The number of β-amino-alcohol motifs (C(OH)–C–C–N with tert-alkyl or cyclic N) is 1. The number of benzene rings is 1. The lowest BCUT2D eigenvalue weighted by atomic mass is 9.96. The maximum atomic E-state index is 9.99. The fourth-order valence-electron chi connectivity index (χ4n) is 2.73. The summed E-state index contributed by atoms with van der Waals surface area (Å²) in [5.74, 6) is 1.26. The van der Waals surface area contributed by atoms with Gasteiger partial charge in [-0.05, 0) is 43.1 Å². The Morgan fingerprint density at radius 1 is 1.36 bits per heavy atom. The molecule has 1 aromatic carbocycles. The van der Waals surface area contributed by atoms with Gasteiger partial charge in [-0.15, -0.1) is 11.3 Å². The average molecular weight is 318 g/mol. The van der Waals surface area contributed by atoms with Crippen molar-refractivity contribution in [3.63, 3.8) is 0 Å². The topological polar surface area (TPSA) is 45.6 Å². The molecular formula is C17H22N2O2S. The van der Waals surface area contributed by atoms with Crippen LogP contribution in [0.5, 0.6) is 5.75 Å². The molecule has 1 N–H and O–H groups in total. The number of thiazole rings is 1. The number of nitrogens with zero attached hydrogens (tertiary/aromatic N) is 2. The number of hydrogen-bond acceptors (Lipinski definition) is 5. The molecule has 0 aliphatic carbocycles. The molecule has 2 aromatic rings. The second kappa shape index (κ2) is 6.77. The number of rotatable bonds is 4. The van der Waals surface area contributed by atoms with Gasteiger partial charge in [0.2, 0.25) is 0 Å². The number of aliphatic hydroxyl groups excluding tert-OH is 1. The van der Waals surface area contributed by atoms with Gasteiger partial charge in [0.1, 0.15) is 10.8 Å². The highest BCUT2D eigenvalue weighted by molar-refractivity contribution is 7.13. The van der Waals surface area contributed by atoms with E-state index in [0.717, 1.165) is 48.1 Å². The summed E-state index contributed by atoms with van der Waals surface area (Å²) in [4.78, 5) is 7.02. The largest absolute Gasteiger partial charge is 0.497 e. The SMILES string of the molecule is COc1ccc(-c2nc(CN3CCC(C)C(O)C3)cs2)cc1. The Morgan fingerprint density at radius 3 is 2.82 bits per heavy atom. The van der Waals surface area contributed by atoms with Crippen molar-refractivity contribution < 1.29 is 9.84 Å². The molecule has 1 aliphatic rings. The van der Waals surface area contributed by atoms with E-state index < -0.39 is 0 Å². The van der Waals surface area contributed by atoms with Gasteiger partial charge in [-0.25, -0.2) is 4.98 Å². The van der Waals surface area contributed by atoms with E-state index in [0.29, 0.717) is 5.92 Å². The smallest absolute Gasteiger partial charge is 0.123 e. The van der Waals surface area contributed by atoms with Crippen molar-refractivity contribution in [2.24, 2.45) is 5.92 Å². The second-order valence-electron chi connectivity index (χ2n) is 5.94. The highest BCUT2D eigenvalue weighted by atomic mass is 32.1. The number of aromatic nitrogens is 1. The molecular weight excluding hydrogens is 296 g/mol. The first-order chi connectivity index (χ1) is 10.7. The van der Waals surface area contributed by atoms with Gasteiger partial charge in [-0.3, -0.25) is 4.90 Å². The van der Waals surface area contributed by atoms with Gasteiger partial charge in [-0.1, -0.05) is 6.92 Å². The zero-order valence-corrected chi connectivity index (χ0v) is 13.8. The lowest BCUT2D eigenvalue weighted by molar-refractivity contribution is 0.0255. The van der Waals surface area contributed by atoms with E-state index in [-0.39, 0.29) is 6.10 Å². The lowest BCUT2D eigenvalue weighted by Gasteiger charge is -2.33. The molecule has 2 heterocycles. The van der Waals surface area contributed by atoms with Crippen molar-refractivity contribution in [3.05, 3.63) is 35.3 Å². The van der Waals surface area contributed by atoms with E-state index in [9.17, 15) is 5.11 Å². The van der Waals surface area contributed by atoms with Crippen molar-refractivity contribution >= 4 is 11.3 Å². The zero-order chi connectivity index (χ0) is 15.5. The van der Waals surface area contributed by atoms with E-state index in [4.69, 9.17) is 9.72 Å². The molecule has 22 heavy (non-hydrogen) atoms. The third-order valence-electron chi connectivity index (χ3n) is 4.28. The molecule has 5 heteroatoms. The van der Waals surface area contributed by atoms with Gasteiger partial charge >= 0.3 is 0 Å². The van der Waals surface area contributed by atoms with Crippen LogP contribution in [-0.2, 0) is 6.54 Å². The first-order valence-corrected chi connectivity index (χ1v) is 8.53. The number of methoxy groups -OCH3 is 1. The van der Waals surface area contributed by atoms with Gasteiger partial charge in [0, 0.05) is 24.0 Å². The first kappa shape index (κ1) is 15.5. The summed E-state index contributed by atoms with van der Waals surface area (Å²) in [5, 5.41) is 13.1. The minimum atomic E-state index is -0.214. The van der Waals surface area contributed by atoms with E-state index in [1.165, 1.54) is 0 Å². The van der Waals surface area contributed by atoms with Gasteiger partial charge in [0.05, 0.1) is 18.9 Å². The molecule has 1 aliphatic heterocycles. The Morgan fingerprint density at radius 2 is 2.14 bits per heavy atom. The predicted molar refractivity (Wildman–Crippen MR) is 89.2 cm³/mol. The summed E-state index contributed by atoms with van der Waals surface area (Å²) in [6.07, 6.45) is 0.838. The number of ether oxygens (including phenoxy) is 1. The highest BCUT2D eigenvalue weighted by Crippen LogP contribution is 2.27. The van der Waals surface area contributed by atoms with Crippen LogP contribution in [0.4, 0.5) is 0 Å². The van der Waals surface area contributed by atoms with Gasteiger partial charge < -0.3 is 9.84 Å². The van der Waals surface area contributed by atoms with Gasteiger partial charge in [0.15, 0.2) is 0 Å². The summed E-state index contributed by atoms with van der Waals surface area (Å²) in [7, 11) is 1.67. The van der Waals surface area contributed by atoms with Gasteiger partial charge in [0.25, 0.3) is 0 Å². The van der Waals surface area contributed by atoms with Crippen molar-refractivity contribution in [3.8, 4) is 16.3 Å². The Balaban J connectivity index is 1.65. The van der Waals surface area contributed by atoms with Crippen LogP contribution >= 0.6 is 11.3 Å². The van der Waals surface area contributed by atoms with Crippen LogP contribution in [0.2, 0.25) is 0 Å². The van der Waals surface area contributed by atoms with Crippen LogP contribution in [0.25, 0.3) is 10.6 Å². The number of hydrogen-bond donors (Lipinski definition) is 1. The van der Waals surface area contributed by atoms with E-state index in [1.54, 1.807) is 18.4 Å². The maximum Gasteiger partial charge on any atom is 0.123 e. The third kappa shape index (κ3) is 3.48. The fourth-order valence-corrected chi connectivity index (χ4v) is 3.55. The lowest BCUT2D eigenvalue weighted by Crippen LogP contribution is -2.42. The van der Waals surface area contributed by atoms with Gasteiger partial charge in [-0.2, -0.15) is 0 Å². The van der Waals surface area contributed by atoms with E-state index >= 15 is 0 Å². The van der Waals surface area contributed by atoms with Crippen LogP contribution in [0, 0.1) is 5.92 Å². The van der Waals surface area contributed by atoms with Crippen molar-refractivity contribution in [2.75, 3.05) is 20.2 Å². The molecule has 0 bridgehead atoms. The van der Waals surface area contributed by atoms with Crippen LogP contribution in [0.1, 0.15) is 19.0 Å².